The number of benzene rings is 1. The van der Waals surface area contributed by atoms with Gasteiger partial charge < -0.3 is 5.32 Å². The third-order valence-corrected chi connectivity index (χ3v) is 3.41. The van der Waals surface area contributed by atoms with Gasteiger partial charge in [-0.05, 0) is 37.7 Å². The van der Waals surface area contributed by atoms with E-state index >= 15 is 0 Å². The van der Waals surface area contributed by atoms with Crippen LogP contribution in [0.4, 0.5) is 0 Å². The average molecular weight is 203 g/mol. The minimum Gasteiger partial charge on any atom is -0.310 e. The molecule has 1 aromatic rings. The Balaban J connectivity index is 1.80. The van der Waals surface area contributed by atoms with E-state index < -0.39 is 0 Å². The first kappa shape index (κ1) is 10.7. The highest BCUT2D eigenvalue weighted by atomic mass is 14.9. The van der Waals surface area contributed by atoms with E-state index in [0.29, 0.717) is 0 Å². The lowest BCUT2D eigenvalue weighted by Gasteiger charge is -2.12. The van der Waals surface area contributed by atoms with Crippen molar-refractivity contribution in [1.82, 2.24) is 5.32 Å². The van der Waals surface area contributed by atoms with E-state index in [0.717, 1.165) is 18.5 Å². The van der Waals surface area contributed by atoms with E-state index in [1.165, 1.54) is 30.4 Å². The summed E-state index contributed by atoms with van der Waals surface area (Å²) in [5.74, 6) is 0.917. The van der Waals surface area contributed by atoms with Crippen molar-refractivity contribution in [3.63, 3.8) is 0 Å². The highest BCUT2D eigenvalue weighted by Crippen LogP contribution is 2.24. The Labute approximate surface area is 92.9 Å². The van der Waals surface area contributed by atoms with Crippen LogP contribution in [0.3, 0.4) is 0 Å². The van der Waals surface area contributed by atoms with Crippen molar-refractivity contribution >= 4 is 0 Å². The molecule has 2 atom stereocenters. The maximum atomic E-state index is 3.65. The molecule has 2 rings (SSSR count). The summed E-state index contributed by atoms with van der Waals surface area (Å²) in [7, 11) is 0. The fraction of sp³-hybridized carbons (Fsp3) is 0.571. The molecule has 1 heteroatoms. The van der Waals surface area contributed by atoms with Gasteiger partial charge in [0.25, 0.3) is 0 Å². The lowest BCUT2D eigenvalue weighted by Crippen LogP contribution is -2.25. The van der Waals surface area contributed by atoms with E-state index in [2.05, 4.69) is 43.4 Å². The van der Waals surface area contributed by atoms with Gasteiger partial charge in [0.1, 0.15) is 0 Å². The Kier molecular flexibility index (Phi) is 3.42. The number of rotatable bonds is 3. The van der Waals surface area contributed by atoms with E-state index in [9.17, 15) is 0 Å². The van der Waals surface area contributed by atoms with Crippen LogP contribution in [0.5, 0.6) is 0 Å². The Bertz CT molecular complexity index is 302. The van der Waals surface area contributed by atoms with Crippen LogP contribution in [-0.2, 0) is 6.54 Å². The van der Waals surface area contributed by atoms with Gasteiger partial charge in [0.2, 0.25) is 0 Å². The topological polar surface area (TPSA) is 12.0 Å². The molecule has 0 saturated heterocycles. The number of nitrogens with one attached hydrogen (secondary N) is 1. The first-order valence-corrected chi connectivity index (χ1v) is 6.03. The number of hydrogen-bond acceptors (Lipinski definition) is 1. The molecule has 1 aliphatic rings. The Morgan fingerprint density at radius 1 is 1.20 bits per heavy atom. The van der Waals surface area contributed by atoms with Gasteiger partial charge in [0.15, 0.2) is 0 Å². The zero-order chi connectivity index (χ0) is 10.7. The third kappa shape index (κ3) is 3.07. The molecule has 0 spiro atoms. The molecule has 0 heterocycles. The van der Waals surface area contributed by atoms with Gasteiger partial charge in [-0.1, -0.05) is 36.8 Å². The van der Waals surface area contributed by atoms with Gasteiger partial charge in [0, 0.05) is 12.6 Å². The first-order chi connectivity index (χ1) is 7.24. The van der Waals surface area contributed by atoms with Crippen LogP contribution < -0.4 is 5.32 Å². The van der Waals surface area contributed by atoms with Gasteiger partial charge in [-0.15, -0.1) is 0 Å². The molecule has 1 aliphatic carbocycles. The SMILES string of the molecule is Cc1ccc(CNC2CCC(C)C2)cc1. The van der Waals surface area contributed by atoms with Gasteiger partial charge in [0.05, 0.1) is 0 Å². The van der Waals surface area contributed by atoms with E-state index in [1.807, 2.05) is 0 Å². The second-order valence-electron chi connectivity index (χ2n) is 4.98. The molecule has 1 saturated carbocycles. The molecule has 0 amide bonds. The van der Waals surface area contributed by atoms with E-state index in [-0.39, 0.29) is 0 Å². The predicted octanol–water partition coefficient (Wildman–Crippen LogP) is 3.27. The molecule has 15 heavy (non-hydrogen) atoms. The van der Waals surface area contributed by atoms with Gasteiger partial charge in [-0.3, -0.25) is 0 Å². The zero-order valence-electron chi connectivity index (χ0n) is 9.79. The van der Waals surface area contributed by atoms with Crippen LogP contribution in [0.15, 0.2) is 24.3 Å². The van der Waals surface area contributed by atoms with Crippen LogP contribution in [0.2, 0.25) is 0 Å². The fourth-order valence-electron chi connectivity index (χ4n) is 2.36. The van der Waals surface area contributed by atoms with Crippen LogP contribution in [-0.4, -0.2) is 6.04 Å². The Hall–Kier alpha value is -0.820. The average Bonchev–Trinajstić information content (AvgIpc) is 2.64. The molecule has 1 fully saturated rings. The maximum Gasteiger partial charge on any atom is 0.0208 e. The maximum absolute atomic E-state index is 3.65. The minimum absolute atomic E-state index is 0.751. The van der Waals surface area contributed by atoms with Gasteiger partial charge in [-0.25, -0.2) is 0 Å². The first-order valence-electron chi connectivity index (χ1n) is 6.03. The van der Waals surface area contributed by atoms with Crippen molar-refractivity contribution in [1.29, 1.82) is 0 Å². The fourth-order valence-corrected chi connectivity index (χ4v) is 2.36. The molecule has 1 aromatic carbocycles. The second kappa shape index (κ2) is 4.80. The van der Waals surface area contributed by atoms with Crippen molar-refractivity contribution in [2.45, 2.75) is 45.7 Å². The summed E-state index contributed by atoms with van der Waals surface area (Å²) in [6.07, 6.45) is 4.10. The smallest absolute Gasteiger partial charge is 0.0208 e. The summed E-state index contributed by atoms with van der Waals surface area (Å²) in [5.41, 5.74) is 2.74. The third-order valence-electron chi connectivity index (χ3n) is 3.41. The van der Waals surface area contributed by atoms with Gasteiger partial charge in [-0.2, -0.15) is 0 Å². The molecule has 0 aromatic heterocycles. The van der Waals surface area contributed by atoms with Crippen molar-refractivity contribution in [2.24, 2.45) is 5.92 Å². The predicted molar refractivity (Wildman–Crippen MR) is 64.8 cm³/mol. The largest absolute Gasteiger partial charge is 0.310 e. The summed E-state index contributed by atoms with van der Waals surface area (Å²) >= 11 is 0. The lowest BCUT2D eigenvalue weighted by atomic mass is 10.1. The summed E-state index contributed by atoms with van der Waals surface area (Å²) < 4.78 is 0. The number of aryl methyl sites for hydroxylation is 1. The molecule has 1 N–H and O–H groups in total. The summed E-state index contributed by atoms with van der Waals surface area (Å²) in [6, 6.07) is 9.57. The minimum atomic E-state index is 0.751. The zero-order valence-corrected chi connectivity index (χ0v) is 9.79. The Morgan fingerprint density at radius 3 is 2.53 bits per heavy atom. The van der Waals surface area contributed by atoms with Crippen molar-refractivity contribution in [3.8, 4) is 0 Å². The molecule has 2 unspecified atom stereocenters. The van der Waals surface area contributed by atoms with Crippen LogP contribution in [0, 0.1) is 12.8 Å². The van der Waals surface area contributed by atoms with Crippen molar-refractivity contribution < 1.29 is 0 Å². The highest BCUT2D eigenvalue weighted by Gasteiger charge is 2.20. The summed E-state index contributed by atoms with van der Waals surface area (Å²) in [6.45, 7) is 5.51. The second-order valence-corrected chi connectivity index (χ2v) is 4.98. The summed E-state index contributed by atoms with van der Waals surface area (Å²) in [4.78, 5) is 0. The molecular formula is C14H21N. The molecule has 1 nitrogen and oxygen atoms in total. The molecule has 82 valence electrons. The van der Waals surface area contributed by atoms with Crippen LogP contribution in [0.1, 0.15) is 37.3 Å². The standard InChI is InChI=1S/C14H21N/c1-11-3-6-13(7-4-11)10-15-14-8-5-12(2)9-14/h3-4,6-7,12,14-15H,5,8-10H2,1-2H3. The lowest BCUT2D eigenvalue weighted by molar-refractivity contribution is 0.502. The molecular weight excluding hydrogens is 182 g/mol. The van der Waals surface area contributed by atoms with E-state index in [4.69, 9.17) is 0 Å². The van der Waals surface area contributed by atoms with Crippen molar-refractivity contribution in [3.05, 3.63) is 35.4 Å². The van der Waals surface area contributed by atoms with E-state index in [1.54, 1.807) is 0 Å². The number of hydrogen-bond donors (Lipinski definition) is 1. The van der Waals surface area contributed by atoms with Gasteiger partial charge >= 0.3 is 0 Å². The molecule has 0 bridgehead atoms. The monoisotopic (exact) mass is 203 g/mol. The molecule has 0 aliphatic heterocycles. The highest BCUT2D eigenvalue weighted by molar-refractivity contribution is 5.21. The Morgan fingerprint density at radius 2 is 1.93 bits per heavy atom. The summed E-state index contributed by atoms with van der Waals surface area (Å²) in [5, 5.41) is 3.65. The molecule has 0 radical (unpaired) electrons. The quantitative estimate of drug-likeness (QED) is 0.795. The van der Waals surface area contributed by atoms with Crippen LogP contribution >= 0.6 is 0 Å². The van der Waals surface area contributed by atoms with Crippen LogP contribution in [0.25, 0.3) is 0 Å². The normalized spacial score (nSPS) is 25.7. The van der Waals surface area contributed by atoms with Crippen molar-refractivity contribution in [2.75, 3.05) is 0 Å².